The Kier molecular flexibility index (Phi) is 6.30. The average molecular weight is 355 g/mol. The van der Waals surface area contributed by atoms with Crippen molar-refractivity contribution in [2.24, 2.45) is 0 Å². The highest BCUT2D eigenvalue weighted by Gasteiger charge is 2.15. The zero-order valence-corrected chi connectivity index (χ0v) is 16.6. The number of amides is 1. The summed E-state index contributed by atoms with van der Waals surface area (Å²) in [5.41, 5.74) is 3.39. The van der Waals surface area contributed by atoms with Crippen molar-refractivity contribution in [3.05, 3.63) is 59.2 Å². The smallest absolute Gasteiger partial charge is 0.224 e. The molecular weight excluding hydrogens is 326 g/mol. The number of hydrogen-bond donors (Lipinski definition) is 1. The summed E-state index contributed by atoms with van der Waals surface area (Å²) in [5.74, 6) is 1.26. The monoisotopic (exact) mass is 355 g/mol. The number of rotatable bonds is 6. The van der Waals surface area contributed by atoms with Gasteiger partial charge in [-0.3, -0.25) is 4.79 Å². The number of hydrogen-bond acceptors (Lipinski definition) is 3. The molecule has 1 N–H and O–H groups in total. The second kappa shape index (κ2) is 8.26. The van der Waals surface area contributed by atoms with Crippen molar-refractivity contribution in [3.8, 4) is 11.5 Å². The van der Waals surface area contributed by atoms with Gasteiger partial charge < -0.3 is 14.8 Å². The van der Waals surface area contributed by atoms with E-state index in [0.717, 1.165) is 11.1 Å². The fourth-order valence-electron chi connectivity index (χ4n) is 2.82. The van der Waals surface area contributed by atoms with Gasteiger partial charge in [-0.05, 0) is 41.2 Å². The van der Waals surface area contributed by atoms with Gasteiger partial charge in [0.05, 0.1) is 26.7 Å². The standard InChI is InChI=1S/C22H29NO3/c1-15(17-8-10-18(11-9-17)22(2,3)4)23-21(24)14-16-7-12-19(25-5)20(13-16)26-6/h7-13,15H,14H2,1-6H3,(H,23,24). The second-order valence-corrected chi connectivity index (χ2v) is 7.53. The van der Waals surface area contributed by atoms with Crippen LogP contribution >= 0.6 is 0 Å². The number of methoxy groups -OCH3 is 2. The Labute approximate surface area is 156 Å². The first-order valence-electron chi connectivity index (χ1n) is 8.85. The minimum absolute atomic E-state index is 0.0235. The van der Waals surface area contributed by atoms with E-state index in [1.165, 1.54) is 5.56 Å². The molecule has 0 bridgehead atoms. The van der Waals surface area contributed by atoms with E-state index in [-0.39, 0.29) is 17.4 Å². The van der Waals surface area contributed by atoms with Gasteiger partial charge in [-0.2, -0.15) is 0 Å². The highest BCUT2D eigenvalue weighted by molar-refractivity contribution is 5.79. The van der Waals surface area contributed by atoms with Gasteiger partial charge in [0, 0.05) is 0 Å². The maximum Gasteiger partial charge on any atom is 0.224 e. The Morgan fingerprint density at radius 3 is 2.15 bits per heavy atom. The summed E-state index contributed by atoms with van der Waals surface area (Å²) < 4.78 is 10.5. The van der Waals surface area contributed by atoms with Crippen molar-refractivity contribution in [3.63, 3.8) is 0 Å². The fraction of sp³-hybridized carbons (Fsp3) is 0.409. The molecule has 0 spiro atoms. The summed E-state index contributed by atoms with van der Waals surface area (Å²) in [6, 6.07) is 13.9. The summed E-state index contributed by atoms with van der Waals surface area (Å²) in [4.78, 5) is 12.4. The molecule has 0 saturated heterocycles. The first-order valence-corrected chi connectivity index (χ1v) is 8.85. The molecule has 0 aliphatic rings. The second-order valence-electron chi connectivity index (χ2n) is 7.53. The van der Waals surface area contributed by atoms with Crippen LogP contribution in [0.1, 0.15) is 50.4 Å². The van der Waals surface area contributed by atoms with Gasteiger partial charge in [0.15, 0.2) is 11.5 Å². The Hall–Kier alpha value is -2.49. The summed E-state index contributed by atoms with van der Waals surface area (Å²) in [7, 11) is 3.18. The topological polar surface area (TPSA) is 47.6 Å². The van der Waals surface area contributed by atoms with Crippen molar-refractivity contribution in [1.82, 2.24) is 5.32 Å². The van der Waals surface area contributed by atoms with Gasteiger partial charge in [0.2, 0.25) is 5.91 Å². The number of carbonyl (C=O) groups excluding carboxylic acids is 1. The zero-order valence-electron chi connectivity index (χ0n) is 16.6. The summed E-state index contributed by atoms with van der Waals surface area (Å²) in [6.45, 7) is 8.57. The van der Waals surface area contributed by atoms with Gasteiger partial charge in [0.25, 0.3) is 0 Å². The first kappa shape index (κ1) is 19.8. The molecule has 0 radical (unpaired) electrons. The van der Waals surface area contributed by atoms with Crippen molar-refractivity contribution in [2.75, 3.05) is 14.2 Å². The highest BCUT2D eigenvalue weighted by atomic mass is 16.5. The van der Waals surface area contributed by atoms with Crippen LogP contribution in [-0.4, -0.2) is 20.1 Å². The first-order chi connectivity index (χ1) is 12.2. The van der Waals surface area contributed by atoms with E-state index in [4.69, 9.17) is 9.47 Å². The van der Waals surface area contributed by atoms with Crippen LogP contribution in [0.15, 0.2) is 42.5 Å². The normalized spacial score (nSPS) is 12.4. The van der Waals surface area contributed by atoms with E-state index in [9.17, 15) is 4.79 Å². The van der Waals surface area contributed by atoms with E-state index in [1.807, 2.05) is 25.1 Å². The molecule has 1 unspecified atom stereocenters. The van der Waals surface area contributed by atoms with E-state index in [0.29, 0.717) is 17.9 Å². The Morgan fingerprint density at radius 1 is 1.00 bits per heavy atom. The maximum atomic E-state index is 12.4. The van der Waals surface area contributed by atoms with E-state index in [1.54, 1.807) is 14.2 Å². The van der Waals surface area contributed by atoms with Crippen LogP contribution in [0.25, 0.3) is 0 Å². The molecule has 0 aliphatic carbocycles. The van der Waals surface area contributed by atoms with Crippen molar-refractivity contribution in [1.29, 1.82) is 0 Å². The highest BCUT2D eigenvalue weighted by Crippen LogP contribution is 2.28. The van der Waals surface area contributed by atoms with Crippen LogP contribution in [0.2, 0.25) is 0 Å². The van der Waals surface area contributed by atoms with Crippen molar-refractivity contribution >= 4 is 5.91 Å². The SMILES string of the molecule is COc1ccc(CC(=O)NC(C)c2ccc(C(C)(C)C)cc2)cc1OC. The quantitative estimate of drug-likeness (QED) is 0.834. The number of ether oxygens (including phenoxy) is 2. The molecule has 1 atom stereocenters. The van der Waals surface area contributed by atoms with Gasteiger partial charge in [0.1, 0.15) is 0 Å². The van der Waals surface area contributed by atoms with Crippen molar-refractivity contribution in [2.45, 2.75) is 45.6 Å². The van der Waals surface area contributed by atoms with Crippen LogP contribution < -0.4 is 14.8 Å². The lowest BCUT2D eigenvalue weighted by Crippen LogP contribution is -2.28. The molecule has 140 valence electrons. The van der Waals surface area contributed by atoms with Crippen LogP contribution in [0.5, 0.6) is 11.5 Å². The molecule has 2 aromatic rings. The van der Waals surface area contributed by atoms with Gasteiger partial charge in [-0.1, -0.05) is 51.1 Å². The third kappa shape index (κ3) is 5.01. The van der Waals surface area contributed by atoms with Crippen LogP contribution in [0.3, 0.4) is 0 Å². The largest absolute Gasteiger partial charge is 0.493 e. The molecule has 0 fully saturated rings. The minimum atomic E-state index is -0.0448. The predicted octanol–water partition coefficient (Wildman–Crippen LogP) is 4.42. The zero-order chi connectivity index (χ0) is 19.3. The summed E-state index contributed by atoms with van der Waals surface area (Å²) in [6.07, 6.45) is 0.296. The lowest BCUT2D eigenvalue weighted by Gasteiger charge is -2.21. The molecule has 1 amide bonds. The number of carbonyl (C=O) groups is 1. The minimum Gasteiger partial charge on any atom is -0.493 e. The summed E-state index contributed by atoms with van der Waals surface area (Å²) >= 11 is 0. The number of benzene rings is 2. The van der Waals surface area contributed by atoms with Crippen LogP contribution in [0, 0.1) is 0 Å². The third-order valence-corrected chi connectivity index (χ3v) is 4.47. The van der Waals surface area contributed by atoms with E-state index in [2.05, 4.69) is 50.4 Å². The number of nitrogens with one attached hydrogen (secondary N) is 1. The molecule has 4 nitrogen and oxygen atoms in total. The van der Waals surface area contributed by atoms with E-state index < -0.39 is 0 Å². The molecule has 2 rings (SSSR count). The van der Waals surface area contributed by atoms with Gasteiger partial charge in [-0.15, -0.1) is 0 Å². The molecule has 2 aromatic carbocycles. The lowest BCUT2D eigenvalue weighted by atomic mass is 9.86. The fourth-order valence-corrected chi connectivity index (χ4v) is 2.82. The molecular formula is C22H29NO3. The molecule has 0 aliphatic heterocycles. The lowest BCUT2D eigenvalue weighted by molar-refractivity contribution is -0.121. The molecule has 4 heteroatoms. The maximum absolute atomic E-state index is 12.4. The third-order valence-electron chi connectivity index (χ3n) is 4.47. The molecule has 26 heavy (non-hydrogen) atoms. The molecule has 0 aromatic heterocycles. The van der Waals surface area contributed by atoms with Gasteiger partial charge >= 0.3 is 0 Å². The summed E-state index contributed by atoms with van der Waals surface area (Å²) in [5, 5.41) is 3.06. The Balaban J connectivity index is 2.01. The Morgan fingerprint density at radius 2 is 1.62 bits per heavy atom. The predicted molar refractivity (Wildman–Crippen MR) is 105 cm³/mol. The molecule has 0 heterocycles. The van der Waals surface area contributed by atoms with Crippen LogP contribution in [0.4, 0.5) is 0 Å². The van der Waals surface area contributed by atoms with E-state index >= 15 is 0 Å². The molecule has 0 saturated carbocycles. The Bertz CT molecular complexity index is 745. The van der Waals surface area contributed by atoms with Gasteiger partial charge in [-0.25, -0.2) is 0 Å². The van der Waals surface area contributed by atoms with Crippen molar-refractivity contribution < 1.29 is 14.3 Å². The average Bonchev–Trinajstić information content (AvgIpc) is 2.60. The van der Waals surface area contributed by atoms with Crippen LogP contribution in [-0.2, 0) is 16.6 Å².